The van der Waals surface area contributed by atoms with Gasteiger partial charge in [-0.15, -0.1) is 0 Å². The lowest BCUT2D eigenvalue weighted by molar-refractivity contribution is -0.148. The molecule has 5 nitrogen and oxygen atoms in total. The number of rotatable bonds is 4. The molecule has 0 aliphatic rings. The fourth-order valence-electron chi connectivity index (χ4n) is 1.61. The van der Waals surface area contributed by atoms with Crippen LogP contribution in [0.25, 0.3) is 0 Å². The summed E-state index contributed by atoms with van der Waals surface area (Å²) in [7, 11) is 1.06. The molecule has 1 aromatic carbocycles. The molecule has 0 heterocycles. The fraction of sp³-hybridized carbons (Fsp3) is 0.333. The molecule has 1 N–H and O–H groups in total. The van der Waals surface area contributed by atoms with Crippen molar-refractivity contribution in [1.29, 1.82) is 0 Å². The topological polar surface area (TPSA) is 60.9 Å². The smallest absolute Gasteiger partial charge is 0.406 e. The lowest BCUT2D eigenvalue weighted by Gasteiger charge is -2.27. The predicted molar refractivity (Wildman–Crippen MR) is 65.5 cm³/mol. The van der Waals surface area contributed by atoms with E-state index in [4.69, 9.17) is 5.11 Å². The Morgan fingerprint density at radius 3 is 2.29 bits per heavy atom. The zero-order chi connectivity index (χ0) is 16.2. The number of amides is 2. The second-order valence-electron chi connectivity index (χ2n) is 4.16. The van der Waals surface area contributed by atoms with E-state index in [-0.39, 0.29) is 10.6 Å². The maximum Gasteiger partial charge on any atom is 0.406 e. The summed E-state index contributed by atoms with van der Waals surface area (Å²) in [5.41, 5.74) is -0.250. The van der Waals surface area contributed by atoms with Crippen LogP contribution in [-0.4, -0.2) is 48.3 Å². The van der Waals surface area contributed by atoms with E-state index in [1.165, 1.54) is 18.2 Å². The first-order chi connectivity index (χ1) is 9.61. The highest BCUT2D eigenvalue weighted by Gasteiger charge is 2.35. The Morgan fingerprint density at radius 1 is 1.24 bits per heavy atom. The van der Waals surface area contributed by atoms with Gasteiger partial charge in [0.15, 0.2) is 0 Å². The van der Waals surface area contributed by atoms with Gasteiger partial charge in [0, 0.05) is 7.05 Å². The highest BCUT2D eigenvalue weighted by atomic mass is 19.4. The van der Waals surface area contributed by atoms with Crippen LogP contribution in [0.3, 0.4) is 0 Å². The number of carboxylic acid groups (broad SMARTS) is 1. The highest BCUT2D eigenvalue weighted by Crippen LogP contribution is 2.21. The number of benzene rings is 1. The summed E-state index contributed by atoms with van der Waals surface area (Å²) in [6.45, 7) is -2.88. The molecule has 9 heteroatoms. The van der Waals surface area contributed by atoms with Crippen molar-refractivity contribution in [2.45, 2.75) is 6.18 Å². The molecule has 0 spiro atoms. The van der Waals surface area contributed by atoms with Gasteiger partial charge in [0.25, 0.3) is 0 Å². The summed E-state index contributed by atoms with van der Waals surface area (Å²) >= 11 is 0. The van der Waals surface area contributed by atoms with Crippen molar-refractivity contribution in [3.05, 3.63) is 30.1 Å². The van der Waals surface area contributed by atoms with Crippen molar-refractivity contribution >= 4 is 17.7 Å². The molecule has 0 fully saturated rings. The molecule has 2 amide bonds. The molecular weight excluding hydrogens is 296 g/mol. The van der Waals surface area contributed by atoms with Gasteiger partial charge in [-0.1, -0.05) is 12.1 Å². The summed E-state index contributed by atoms with van der Waals surface area (Å²) in [5, 5.41) is 8.58. The van der Waals surface area contributed by atoms with E-state index in [9.17, 15) is 27.2 Å². The highest BCUT2D eigenvalue weighted by molar-refractivity contribution is 5.93. The third-order valence-corrected chi connectivity index (χ3v) is 2.47. The SMILES string of the molecule is CN(C(=O)N(CC(=O)O)CC(F)(F)F)c1ccccc1F. The first-order valence-corrected chi connectivity index (χ1v) is 5.67. The van der Waals surface area contributed by atoms with Crippen molar-refractivity contribution in [1.82, 2.24) is 4.90 Å². The summed E-state index contributed by atoms with van der Waals surface area (Å²) in [6, 6.07) is 3.71. The number of urea groups is 1. The minimum absolute atomic E-state index is 0.0781. The Bertz CT molecular complexity index is 533. The number of carbonyl (C=O) groups is 2. The molecular formula is C12H12F4N2O3. The number of halogens is 4. The molecule has 0 aliphatic carbocycles. The first-order valence-electron chi connectivity index (χ1n) is 5.67. The Balaban J connectivity index is 2.99. The molecule has 0 saturated heterocycles. The Morgan fingerprint density at radius 2 is 1.81 bits per heavy atom. The second-order valence-corrected chi connectivity index (χ2v) is 4.16. The number of para-hydroxylation sites is 1. The van der Waals surface area contributed by atoms with E-state index in [2.05, 4.69) is 0 Å². The van der Waals surface area contributed by atoms with E-state index >= 15 is 0 Å². The largest absolute Gasteiger partial charge is 0.480 e. The molecule has 0 atom stereocenters. The monoisotopic (exact) mass is 308 g/mol. The minimum atomic E-state index is -4.76. The number of nitrogens with zero attached hydrogens (tertiary/aromatic N) is 2. The van der Waals surface area contributed by atoms with E-state index in [0.717, 1.165) is 13.1 Å². The van der Waals surface area contributed by atoms with Gasteiger partial charge in [-0.3, -0.25) is 9.69 Å². The fourth-order valence-corrected chi connectivity index (χ4v) is 1.61. The maximum absolute atomic E-state index is 13.5. The summed E-state index contributed by atoms with van der Waals surface area (Å²) in [6.07, 6.45) is -4.76. The number of alkyl halides is 3. The van der Waals surface area contributed by atoms with Gasteiger partial charge >= 0.3 is 18.2 Å². The van der Waals surface area contributed by atoms with Crippen LogP contribution in [0, 0.1) is 5.82 Å². The molecule has 0 unspecified atom stereocenters. The molecule has 21 heavy (non-hydrogen) atoms. The van der Waals surface area contributed by atoms with Crippen LogP contribution < -0.4 is 4.90 Å². The van der Waals surface area contributed by atoms with Crippen LogP contribution in [0.4, 0.5) is 28.0 Å². The molecule has 0 saturated carbocycles. The van der Waals surface area contributed by atoms with Crippen molar-refractivity contribution < 1.29 is 32.3 Å². The molecule has 1 rings (SSSR count). The minimum Gasteiger partial charge on any atom is -0.480 e. The number of hydrogen-bond donors (Lipinski definition) is 1. The van der Waals surface area contributed by atoms with Gasteiger partial charge in [-0.25, -0.2) is 9.18 Å². The lowest BCUT2D eigenvalue weighted by atomic mass is 10.3. The van der Waals surface area contributed by atoms with Gasteiger partial charge in [-0.05, 0) is 12.1 Å². The predicted octanol–water partition coefficient (Wildman–Crippen LogP) is 2.33. The van der Waals surface area contributed by atoms with Crippen LogP contribution in [0.5, 0.6) is 0 Å². The standard InChI is InChI=1S/C12H12F4N2O3/c1-17(9-5-3-2-4-8(9)13)11(21)18(6-10(19)20)7-12(14,15)16/h2-5H,6-7H2,1H3,(H,19,20). The van der Waals surface area contributed by atoms with Crippen LogP contribution >= 0.6 is 0 Å². The Kier molecular flexibility index (Phi) is 5.12. The lowest BCUT2D eigenvalue weighted by Crippen LogP contribution is -2.48. The Hall–Kier alpha value is -2.32. The van der Waals surface area contributed by atoms with Gasteiger partial charge in [0.2, 0.25) is 0 Å². The summed E-state index contributed by atoms with van der Waals surface area (Å²) in [5.74, 6) is -2.41. The summed E-state index contributed by atoms with van der Waals surface area (Å²) in [4.78, 5) is 23.2. The average Bonchev–Trinajstić information content (AvgIpc) is 2.34. The van der Waals surface area contributed by atoms with E-state index in [0.29, 0.717) is 4.90 Å². The van der Waals surface area contributed by atoms with Crippen LogP contribution in [0.1, 0.15) is 0 Å². The van der Waals surface area contributed by atoms with Crippen molar-refractivity contribution in [3.63, 3.8) is 0 Å². The average molecular weight is 308 g/mol. The number of anilines is 1. The van der Waals surface area contributed by atoms with Crippen LogP contribution in [-0.2, 0) is 4.79 Å². The molecule has 0 aliphatic heterocycles. The molecule has 0 bridgehead atoms. The van der Waals surface area contributed by atoms with Gasteiger partial charge in [0.1, 0.15) is 18.9 Å². The molecule has 116 valence electrons. The molecule has 0 radical (unpaired) electrons. The maximum atomic E-state index is 13.5. The Labute approximate surface area is 117 Å². The second kappa shape index (κ2) is 6.42. The van der Waals surface area contributed by atoms with Crippen molar-refractivity contribution in [2.75, 3.05) is 25.0 Å². The van der Waals surface area contributed by atoms with E-state index in [1.807, 2.05) is 0 Å². The van der Waals surface area contributed by atoms with E-state index in [1.54, 1.807) is 0 Å². The number of carbonyl (C=O) groups excluding carboxylic acids is 1. The van der Waals surface area contributed by atoms with Crippen molar-refractivity contribution in [2.24, 2.45) is 0 Å². The normalized spacial score (nSPS) is 11.1. The van der Waals surface area contributed by atoms with E-state index < -0.39 is 37.1 Å². The zero-order valence-electron chi connectivity index (χ0n) is 10.9. The third-order valence-electron chi connectivity index (χ3n) is 2.47. The third kappa shape index (κ3) is 4.93. The quantitative estimate of drug-likeness (QED) is 0.868. The van der Waals surface area contributed by atoms with Gasteiger partial charge in [-0.2, -0.15) is 13.2 Å². The summed E-state index contributed by atoms with van der Waals surface area (Å²) < 4.78 is 50.7. The molecule has 1 aromatic rings. The number of hydrogen-bond acceptors (Lipinski definition) is 2. The van der Waals surface area contributed by atoms with Crippen LogP contribution in [0.15, 0.2) is 24.3 Å². The number of aliphatic carboxylic acids is 1. The van der Waals surface area contributed by atoms with Crippen molar-refractivity contribution in [3.8, 4) is 0 Å². The molecule has 0 aromatic heterocycles. The van der Waals surface area contributed by atoms with Gasteiger partial charge < -0.3 is 10.0 Å². The van der Waals surface area contributed by atoms with Crippen LogP contribution in [0.2, 0.25) is 0 Å². The first kappa shape index (κ1) is 16.7. The number of carboxylic acids is 1. The zero-order valence-corrected chi connectivity index (χ0v) is 10.9. The van der Waals surface area contributed by atoms with Gasteiger partial charge in [0.05, 0.1) is 5.69 Å².